The third kappa shape index (κ3) is 2.50. The molecule has 0 amide bonds. The van der Waals surface area contributed by atoms with Gasteiger partial charge in [-0.25, -0.2) is 4.68 Å². The topological polar surface area (TPSA) is 29.9 Å². The Kier molecular flexibility index (Phi) is 3.05. The van der Waals surface area contributed by atoms with E-state index in [2.05, 4.69) is 48.5 Å². The Balaban J connectivity index is 1.81. The molecule has 2 aromatic rings. The molecule has 100 valence electrons. The van der Waals surface area contributed by atoms with Crippen LogP contribution >= 0.6 is 0 Å². The van der Waals surface area contributed by atoms with Crippen LogP contribution < -0.4 is 5.32 Å². The van der Waals surface area contributed by atoms with Crippen LogP contribution in [0, 0.1) is 5.41 Å². The van der Waals surface area contributed by atoms with E-state index in [0.29, 0.717) is 11.5 Å². The van der Waals surface area contributed by atoms with Crippen LogP contribution in [0.15, 0.2) is 42.7 Å². The maximum absolute atomic E-state index is 4.28. The number of anilines is 1. The lowest BCUT2D eigenvalue weighted by Crippen LogP contribution is -2.30. The van der Waals surface area contributed by atoms with Crippen molar-refractivity contribution in [2.75, 3.05) is 5.32 Å². The Morgan fingerprint density at radius 2 is 2.21 bits per heavy atom. The highest BCUT2D eigenvalue weighted by Crippen LogP contribution is 2.39. The summed E-state index contributed by atoms with van der Waals surface area (Å²) in [6, 6.07) is 11.0. The maximum Gasteiger partial charge on any atom is 0.0666 e. The summed E-state index contributed by atoms with van der Waals surface area (Å²) >= 11 is 0. The second kappa shape index (κ2) is 4.72. The number of benzene rings is 1. The second-order valence-corrected chi connectivity index (χ2v) is 6.08. The number of hydrogen-bond acceptors (Lipinski definition) is 2. The van der Waals surface area contributed by atoms with Crippen LogP contribution in [-0.4, -0.2) is 15.8 Å². The average molecular weight is 255 g/mol. The Labute approximate surface area is 114 Å². The van der Waals surface area contributed by atoms with E-state index in [1.54, 1.807) is 6.20 Å². The van der Waals surface area contributed by atoms with Gasteiger partial charge < -0.3 is 5.32 Å². The van der Waals surface area contributed by atoms with Crippen LogP contribution in [0.4, 0.5) is 5.69 Å². The van der Waals surface area contributed by atoms with Gasteiger partial charge in [-0.15, -0.1) is 0 Å². The van der Waals surface area contributed by atoms with Crippen LogP contribution in [0.5, 0.6) is 0 Å². The molecule has 3 rings (SSSR count). The molecule has 0 radical (unpaired) electrons. The molecule has 1 fully saturated rings. The SMILES string of the molecule is CC1(C)CCCC1Nc1cccc(-n2cccn2)c1. The zero-order valence-electron chi connectivity index (χ0n) is 11.6. The summed E-state index contributed by atoms with van der Waals surface area (Å²) < 4.78 is 1.89. The highest BCUT2D eigenvalue weighted by Gasteiger charge is 2.34. The van der Waals surface area contributed by atoms with Gasteiger partial charge in [0.15, 0.2) is 0 Å². The van der Waals surface area contributed by atoms with E-state index >= 15 is 0 Å². The smallest absolute Gasteiger partial charge is 0.0666 e. The molecule has 1 aromatic carbocycles. The van der Waals surface area contributed by atoms with Gasteiger partial charge in [-0.1, -0.05) is 26.3 Å². The predicted molar refractivity (Wildman–Crippen MR) is 78.6 cm³/mol. The van der Waals surface area contributed by atoms with Gasteiger partial charge in [-0.2, -0.15) is 5.10 Å². The highest BCUT2D eigenvalue weighted by atomic mass is 15.3. The van der Waals surface area contributed by atoms with Crippen molar-refractivity contribution in [1.29, 1.82) is 0 Å². The Hall–Kier alpha value is -1.77. The van der Waals surface area contributed by atoms with E-state index in [1.807, 2.05) is 16.9 Å². The van der Waals surface area contributed by atoms with E-state index < -0.39 is 0 Å². The summed E-state index contributed by atoms with van der Waals surface area (Å²) in [5.41, 5.74) is 2.68. The first-order valence-electron chi connectivity index (χ1n) is 7.02. The van der Waals surface area contributed by atoms with Crippen LogP contribution in [-0.2, 0) is 0 Å². The minimum Gasteiger partial charge on any atom is -0.382 e. The van der Waals surface area contributed by atoms with Gasteiger partial charge in [-0.05, 0) is 42.5 Å². The highest BCUT2D eigenvalue weighted by molar-refractivity contribution is 5.51. The van der Waals surface area contributed by atoms with Crippen LogP contribution in [0.2, 0.25) is 0 Å². The van der Waals surface area contributed by atoms with Crippen molar-refractivity contribution >= 4 is 5.69 Å². The lowest BCUT2D eigenvalue weighted by atomic mass is 9.87. The lowest BCUT2D eigenvalue weighted by molar-refractivity contribution is 0.350. The summed E-state index contributed by atoms with van der Waals surface area (Å²) in [6.07, 6.45) is 7.67. The van der Waals surface area contributed by atoms with Gasteiger partial charge in [0.05, 0.1) is 5.69 Å². The summed E-state index contributed by atoms with van der Waals surface area (Å²) in [6.45, 7) is 4.71. The normalized spacial score (nSPS) is 21.5. The average Bonchev–Trinajstić information content (AvgIpc) is 3.01. The standard InChI is InChI=1S/C16H21N3/c1-16(2)9-4-8-15(16)18-13-6-3-7-14(12-13)19-11-5-10-17-19/h3,5-7,10-12,15,18H,4,8-9H2,1-2H3. The van der Waals surface area contributed by atoms with Crippen LogP contribution in [0.1, 0.15) is 33.1 Å². The Morgan fingerprint density at radius 1 is 1.32 bits per heavy atom. The summed E-state index contributed by atoms with van der Waals surface area (Å²) in [4.78, 5) is 0. The maximum atomic E-state index is 4.28. The number of aromatic nitrogens is 2. The van der Waals surface area contributed by atoms with E-state index in [4.69, 9.17) is 0 Å². The molecule has 0 saturated heterocycles. The molecule has 1 heterocycles. The summed E-state index contributed by atoms with van der Waals surface area (Å²) in [7, 11) is 0. The zero-order valence-corrected chi connectivity index (χ0v) is 11.6. The molecule has 1 aliphatic carbocycles. The Morgan fingerprint density at radius 3 is 2.89 bits per heavy atom. The molecule has 1 atom stereocenters. The number of nitrogens with zero attached hydrogens (tertiary/aromatic N) is 2. The number of rotatable bonds is 3. The van der Waals surface area contributed by atoms with Crippen LogP contribution in [0.25, 0.3) is 5.69 Å². The van der Waals surface area contributed by atoms with Gasteiger partial charge in [-0.3, -0.25) is 0 Å². The molecule has 0 aliphatic heterocycles. The minimum absolute atomic E-state index is 0.391. The molecule has 1 saturated carbocycles. The van der Waals surface area contributed by atoms with E-state index in [1.165, 1.54) is 24.9 Å². The lowest BCUT2D eigenvalue weighted by Gasteiger charge is -2.28. The van der Waals surface area contributed by atoms with Gasteiger partial charge in [0.2, 0.25) is 0 Å². The first kappa shape index (κ1) is 12.3. The van der Waals surface area contributed by atoms with Crippen molar-refractivity contribution in [3.63, 3.8) is 0 Å². The Bertz CT molecular complexity index is 543. The largest absolute Gasteiger partial charge is 0.382 e. The second-order valence-electron chi connectivity index (χ2n) is 6.08. The molecule has 0 spiro atoms. The molecule has 0 bridgehead atoms. The van der Waals surface area contributed by atoms with Gasteiger partial charge in [0.1, 0.15) is 0 Å². The molecule has 1 N–H and O–H groups in total. The van der Waals surface area contributed by atoms with Gasteiger partial charge in [0.25, 0.3) is 0 Å². The first-order valence-corrected chi connectivity index (χ1v) is 7.02. The van der Waals surface area contributed by atoms with Crippen molar-refractivity contribution in [3.05, 3.63) is 42.7 Å². The van der Waals surface area contributed by atoms with Crippen LogP contribution in [0.3, 0.4) is 0 Å². The van der Waals surface area contributed by atoms with Gasteiger partial charge in [0, 0.05) is 24.1 Å². The summed E-state index contributed by atoms with van der Waals surface area (Å²) in [5, 5.41) is 7.97. The van der Waals surface area contributed by atoms with Gasteiger partial charge >= 0.3 is 0 Å². The fraction of sp³-hybridized carbons (Fsp3) is 0.438. The first-order chi connectivity index (χ1) is 9.15. The number of hydrogen-bond donors (Lipinski definition) is 1. The minimum atomic E-state index is 0.391. The van der Waals surface area contributed by atoms with E-state index in [0.717, 1.165) is 5.69 Å². The molecule has 3 nitrogen and oxygen atoms in total. The van der Waals surface area contributed by atoms with E-state index in [-0.39, 0.29) is 0 Å². The van der Waals surface area contributed by atoms with Crippen molar-refractivity contribution in [2.45, 2.75) is 39.2 Å². The monoisotopic (exact) mass is 255 g/mol. The fourth-order valence-electron chi connectivity index (χ4n) is 2.96. The molecule has 3 heteroatoms. The third-order valence-electron chi connectivity index (χ3n) is 4.21. The summed E-state index contributed by atoms with van der Waals surface area (Å²) in [5.74, 6) is 0. The van der Waals surface area contributed by atoms with Crippen molar-refractivity contribution in [3.8, 4) is 5.69 Å². The molecule has 1 unspecified atom stereocenters. The van der Waals surface area contributed by atoms with Crippen molar-refractivity contribution in [1.82, 2.24) is 9.78 Å². The number of nitrogens with one attached hydrogen (secondary N) is 1. The third-order valence-corrected chi connectivity index (χ3v) is 4.21. The van der Waals surface area contributed by atoms with Crippen molar-refractivity contribution in [2.24, 2.45) is 5.41 Å². The predicted octanol–water partition coefficient (Wildman–Crippen LogP) is 3.86. The quantitative estimate of drug-likeness (QED) is 0.902. The zero-order chi connectivity index (χ0) is 13.3. The van der Waals surface area contributed by atoms with E-state index in [9.17, 15) is 0 Å². The molecular weight excluding hydrogens is 234 g/mol. The molecule has 19 heavy (non-hydrogen) atoms. The molecule has 1 aromatic heterocycles. The van der Waals surface area contributed by atoms with Crippen molar-refractivity contribution < 1.29 is 0 Å². The fourth-order valence-corrected chi connectivity index (χ4v) is 2.96. The molecule has 1 aliphatic rings. The molecular formula is C16H21N3.